The maximum absolute atomic E-state index is 12.6. The number of halogens is 1. The third-order valence-electron chi connectivity index (χ3n) is 1.38. The Bertz CT molecular complexity index is 301. The van der Waals surface area contributed by atoms with Gasteiger partial charge in [0.1, 0.15) is 5.82 Å². The lowest BCUT2D eigenvalue weighted by Gasteiger charge is -2.01. The number of carbonyl (C=O) groups excluding carboxylic acids is 1. The number of ether oxygens (including phenoxy) is 1. The molecule has 0 bridgehead atoms. The molecule has 0 fully saturated rings. The van der Waals surface area contributed by atoms with Crippen molar-refractivity contribution in [2.45, 2.75) is 13.3 Å². The smallest absolute Gasteiger partial charge is 0.339 e. The van der Waals surface area contributed by atoms with Gasteiger partial charge in [0.05, 0.1) is 18.4 Å². The molecule has 0 radical (unpaired) electrons. The van der Waals surface area contributed by atoms with Gasteiger partial charge in [-0.3, -0.25) is 4.98 Å². The van der Waals surface area contributed by atoms with Crippen molar-refractivity contribution in [3.05, 3.63) is 29.8 Å². The van der Waals surface area contributed by atoms with Crippen molar-refractivity contribution in [2.75, 3.05) is 6.61 Å². The van der Waals surface area contributed by atoms with E-state index >= 15 is 0 Å². The predicted molar refractivity (Wildman–Crippen MR) is 44.8 cm³/mol. The highest BCUT2D eigenvalue weighted by Gasteiger charge is 2.07. The summed E-state index contributed by atoms with van der Waals surface area (Å²) in [5, 5.41) is 0. The Morgan fingerprint density at radius 1 is 1.62 bits per heavy atom. The number of nitrogens with zero attached hydrogens (tertiary/aromatic N) is 1. The second-order valence-corrected chi connectivity index (χ2v) is 2.53. The quantitative estimate of drug-likeness (QED) is 0.670. The van der Waals surface area contributed by atoms with E-state index in [9.17, 15) is 9.18 Å². The third kappa shape index (κ3) is 2.82. The molecule has 1 rings (SSSR count). The Labute approximate surface area is 75.6 Å². The maximum Gasteiger partial charge on any atom is 0.339 e. The molecule has 1 aromatic heterocycles. The van der Waals surface area contributed by atoms with Crippen molar-refractivity contribution in [3.63, 3.8) is 0 Å². The zero-order chi connectivity index (χ0) is 9.68. The average molecular weight is 183 g/mol. The van der Waals surface area contributed by atoms with Crippen LogP contribution in [-0.4, -0.2) is 17.6 Å². The van der Waals surface area contributed by atoms with E-state index in [1.165, 1.54) is 6.20 Å². The highest BCUT2D eigenvalue weighted by Crippen LogP contribution is 2.02. The second kappa shape index (κ2) is 4.54. The van der Waals surface area contributed by atoms with Crippen LogP contribution in [0.4, 0.5) is 4.39 Å². The van der Waals surface area contributed by atoms with Crippen LogP contribution in [0.5, 0.6) is 0 Å². The summed E-state index contributed by atoms with van der Waals surface area (Å²) in [5.74, 6) is -1.07. The number of pyridine rings is 1. The summed E-state index contributed by atoms with van der Waals surface area (Å²) in [6, 6.07) is 1.10. The van der Waals surface area contributed by atoms with Gasteiger partial charge in [-0.1, -0.05) is 6.92 Å². The van der Waals surface area contributed by atoms with E-state index in [1.54, 1.807) is 0 Å². The van der Waals surface area contributed by atoms with Crippen LogP contribution < -0.4 is 0 Å². The van der Waals surface area contributed by atoms with E-state index in [4.69, 9.17) is 4.74 Å². The monoisotopic (exact) mass is 183 g/mol. The van der Waals surface area contributed by atoms with E-state index < -0.39 is 11.8 Å². The molecule has 0 aromatic carbocycles. The number of rotatable bonds is 3. The molecular weight excluding hydrogens is 173 g/mol. The van der Waals surface area contributed by atoms with E-state index in [-0.39, 0.29) is 5.56 Å². The minimum atomic E-state index is -0.536. The van der Waals surface area contributed by atoms with Crippen molar-refractivity contribution in [1.82, 2.24) is 4.98 Å². The van der Waals surface area contributed by atoms with Crippen LogP contribution in [0.15, 0.2) is 18.5 Å². The Morgan fingerprint density at radius 3 is 3.00 bits per heavy atom. The van der Waals surface area contributed by atoms with Crippen molar-refractivity contribution >= 4 is 5.97 Å². The second-order valence-electron chi connectivity index (χ2n) is 2.53. The molecule has 13 heavy (non-hydrogen) atoms. The maximum atomic E-state index is 12.6. The van der Waals surface area contributed by atoms with Crippen molar-refractivity contribution < 1.29 is 13.9 Å². The van der Waals surface area contributed by atoms with Gasteiger partial charge in [-0.25, -0.2) is 9.18 Å². The molecule has 0 aliphatic carbocycles. The number of carbonyl (C=O) groups is 1. The fourth-order valence-corrected chi connectivity index (χ4v) is 0.802. The first-order valence-corrected chi connectivity index (χ1v) is 4.01. The van der Waals surface area contributed by atoms with Crippen LogP contribution >= 0.6 is 0 Å². The Hall–Kier alpha value is -1.45. The normalized spacial score (nSPS) is 9.69. The topological polar surface area (TPSA) is 39.2 Å². The summed E-state index contributed by atoms with van der Waals surface area (Å²) >= 11 is 0. The molecule has 0 unspecified atom stereocenters. The first-order valence-electron chi connectivity index (χ1n) is 4.01. The van der Waals surface area contributed by atoms with Crippen LogP contribution in [0.2, 0.25) is 0 Å². The van der Waals surface area contributed by atoms with Gasteiger partial charge in [-0.05, 0) is 12.5 Å². The number of aromatic nitrogens is 1. The lowest BCUT2D eigenvalue weighted by molar-refractivity contribution is 0.0504. The lowest BCUT2D eigenvalue weighted by Crippen LogP contribution is -2.06. The lowest BCUT2D eigenvalue weighted by atomic mass is 10.3. The van der Waals surface area contributed by atoms with E-state index in [1.807, 2.05) is 6.92 Å². The zero-order valence-electron chi connectivity index (χ0n) is 7.29. The van der Waals surface area contributed by atoms with E-state index in [2.05, 4.69) is 4.98 Å². The molecule has 0 aliphatic rings. The Balaban J connectivity index is 2.66. The molecule has 0 N–H and O–H groups in total. The standard InChI is InChI=1S/C9H10FNO2/c1-2-3-13-9(12)7-4-8(10)6-11-5-7/h4-6H,2-3H2,1H3. The molecule has 0 spiro atoms. The summed E-state index contributed by atoms with van der Waals surface area (Å²) < 4.78 is 17.4. The van der Waals surface area contributed by atoms with Crippen molar-refractivity contribution in [2.24, 2.45) is 0 Å². The summed E-state index contributed by atoms with van der Waals surface area (Å²) in [4.78, 5) is 14.7. The summed E-state index contributed by atoms with van der Waals surface area (Å²) in [6.45, 7) is 2.23. The number of hydrogen-bond donors (Lipinski definition) is 0. The van der Waals surface area contributed by atoms with Crippen LogP contribution in [0.25, 0.3) is 0 Å². The van der Waals surface area contributed by atoms with Crippen LogP contribution in [0, 0.1) is 5.82 Å². The Morgan fingerprint density at radius 2 is 2.38 bits per heavy atom. The number of esters is 1. The predicted octanol–water partition coefficient (Wildman–Crippen LogP) is 1.79. The molecule has 0 atom stereocenters. The first kappa shape index (κ1) is 9.64. The zero-order valence-corrected chi connectivity index (χ0v) is 7.29. The van der Waals surface area contributed by atoms with Crippen molar-refractivity contribution in [1.29, 1.82) is 0 Å². The summed E-state index contributed by atoms with van der Waals surface area (Å²) in [6.07, 6.45) is 3.06. The van der Waals surface area contributed by atoms with Gasteiger partial charge in [0.15, 0.2) is 0 Å². The molecule has 0 amide bonds. The molecule has 70 valence electrons. The van der Waals surface area contributed by atoms with Gasteiger partial charge >= 0.3 is 5.97 Å². The summed E-state index contributed by atoms with van der Waals surface area (Å²) in [5.41, 5.74) is 0.147. The SMILES string of the molecule is CCCOC(=O)c1cncc(F)c1. The molecule has 0 aliphatic heterocycles. The minimum Gasteiger partial charge on any atom is -0.462 e. The van der Waals surface area contributed by atoms with Gasteiger partial charge < -0.3 is 4.74 Å². The largest absolute Gasteiger partial charge is 0.462 e. The molecule has 1 aromatic rings. The van der Waals surface area contributed by atoms with Gasteiger partial charge in [0.25, 0.3) is 0 Å². The van der Waals surface area contributed by atoms with Gasteiger partial charge in [0, 0.05) is 6.20 Å². The molecule has 0 saturated carbocycles. The fourth-order valence-electron chi connectivity index (χ4n) is 0.802. The molecular formula is C9H10FNO2. The molecule has 0 saturated heterocycles. The van der Waals surface area contributed by atoms with Crippen LogP contribution in [-0.2, 0) is 4.74 Å². The fraction of sp³-hybridized carbons (Fsp3) is 0.333. The summed E-state index contributed by atoms with van der Waals surface area (Å²) in [7, 11) is 0. The first-order chi connectivity index (χ1) is 6.24. The average Bonchev–Trinajstić information content (AvgIpc) is 2.14. The molecule has 1 heterocycles. The van der Waals surface area contributed by atoms with Crippen LogP contribution in [0.3, 0.4) is 0 Å². The van der Waals surface area contributed by atoms with Gasteiger partial charge in [0.2, 0.25) is 0 Å². The van der Waals surface area contributed by atoms with E-state index in [0.29, 0.717) is 6.61 Å². The molecule has 4 heteroatoms. The minimum absolute atomic E-state index is 0.147. The van der Waals surface area contributed by atoms with Crippen molar-refractivity contribution in [3.8, 4) is 0 Å². The Kier molecular flexibility index (Phi) is 3.37. The highest BCUT2D eigenvalue weighted by molar-refractivity contribution is 5.88. The van der Waals surface area contributed by atoms with Gasteiger partial charge in [-0.15, -0.1) is 0 Å². The molecule has 3 nitrogen and oxygen atoms in total. The van der Waals surface area contributed by atoms with E-state index in [0.717, 1.165) is 18.7 Å². The van der Waals surface area contributed by atoms with Crippen LogP contribution in [0.1, 0.15) is 23.7 Å². The third-order valence-corrected chi connectivity index (χ3v) is 1.38. The highest BCUT2D eigenvalue weighted by atomic mass is 19.1. The van der Waals surface area contributed by atoms with Gasteiger partial charge in [-0.2, -0.15) is 0 Å². The number of hydrogen-bond acceptors (Lipinski definition) is 3.